The van der Waals surface area contributed by atoms with Crippen molar-refractivity contribution in [2.75, 3.05) is 9.80 Å². The van der Waals surface area contributed by atoms with Crippen LogP contribution >= 0.6 is 0 Å². The van der Waals surface area contributed by atoms with E-state index in [1.54, 1.807) is 24.3 Å². The number of benzene rings is 20. The Morgan fingerprint density at radius 3 is 0.830 bits per heavy atom. The molecule has 20 aromatic carbocycles. The summed E-state index contributed by atoms with van der Waals surface area (Å²) in [5.74, 6) is 1.45. The Morgan fingerprint density at radius 1 is 0.215 bits per heavy atom. The lowest BCUT2D eigenvalue weighted by molar-refractivity contribution is 0.482. The number of fused-ring (bicyclic) bond motifs is 9. The predicted molar refractivity (Wildman–Crippen MR) is 548 cm³/mol. The van der Waals surface area contributed by atoms with Crippen molar-refractivity contribution in [2.24, 2.45) is 0 Å². The van der Waals surface area contributed by atoms with E-state index in [4.69, 9.17) is 9.47 Å². The van der Waals surface area contributed by atoms with Crippen molar-refractivity contribution >= 4 is 75.1 Å². The van der Waals surface area contributed by atoms with Crippen molar-refractivity contribution in [3.05, 3.63) is 565 Å². The normalized spacial score (nSPS) is 14.4. The Morgan fingerprint density at radius 2 is 0.489 bits per heavy atom. The molecule has 0 spiro atoms. The van der Waals surface area contributed by atoms with Gasteiger partial charge in [-0.25, -0.2) is 17.6 Å². The molecule has 0 saturated carbocycles. The van der Waals surface area contributed by atoms with Crippen LogP contribution in [0.4, 0.5) is 51.7 Å². The van der Waals surface area contributed by atoms with E-state index in [0.717, 1.165) is 168 Å². The first-order valence-corrected chi connectivity index (χ1v) is 47.3. The molecule has 2 atom stereocenters. The fraction of sp³-hybridized carbons (Fsp3) is 0.0159. The van der Waals surface area contributed by atoms with E-state index in [1.165, 1.54) is 45.0 Å². The van der Waals surface area contributed by atoms with Gasteiger partial charge in [0.1, 0.15) is 46.3 Å². The van der Waals surface area contributed by atoms with Gasteiger partial charge in [-0.05, 0) is 336 Å². The van der Waals surface area contributed by atoms with Crippen LogP contribution in [0.15, 0.2) is 486 Å². The molecule has 4 nitrogen and oxygen atoms in total. The molecule has 9 heteroatoms. The van der Waals surface area contributed by atoms with Gasteiger partial charge in [-0.2, -0.15) is 0 Å². The number of rotatable bonds is 22. The number of anilines is 6. The van der Waals surface area contributed by atoms with Crippen molar-refractivity contribution in [2.45, 2.75) is 10.8 Å². The highest BCUT2D eigenvalue weighted by Gasteiger charge is 2.52. The summed E-state index contributed by atoms with van der Waals surface area (Å²) in [6.07, 6.45) is 3.63. The predicted octanol–water partition coefficient (Wildman–Crippen LogP) is 30.8. The molecule has 0 saturated heterocycles. The van der Waals surface area contributed by atoms with Gasteiger partial charge in [-0.3, -0.25) is 0 Å². The largest absolute Gasteiger partial charge is 0.457 e. The van der Waals surface area contributed by atoms with Gasteiger partial charge in [0.15, 0.2) is 8.07 Å². The third kappa shape index (κ3) is 14.3. The van der Waals surface area contributed by atoms with Crippen molar-refractivity contribution in [3.8, 4) is 101 Å². The van der Waals surface area contributed by atoms with Gasteiger partial charge in [0, 0.05) is 34.1 Å². The molecule has 1 heterocycles. The lowest BCUT2D eigenvalue weighted by Gasteiger charge is -2.35. The first-order chi connectivity index (χ1) is 66.4. The van der Waals surface area contributed by atoms with Crippen molar-refractivity contribution in [1.82, 2.24) is 0 Å². The van der Waals surface area contributed by atoms with E-state index in [1.807, 2.05) is 133 Å². The molecule has 0 radical (unpaired) electrons. The molecule has 1 aliphatic heterocycles. The molecule has 0 bridgehead atoms. The van der Waals surface area contributed by atoms with E-state index >= 15 is 8.78 Å². The Labute approximate surface area is 783 Å². The minimum atomic E-state index is -3.32. The third-order valence-corrected chi connectivity index (χ3v) is 32.3. The zero-order valence-electron chi connectivity index (χ0n) is 73.3. The average Bonchev–Trinajstić information content (AvgIpc) is 1.55. The summed E-state index contributed by atoms with van der Waals surface area (Å²) in [7, 11) is -3.32. The molecule has 3 aliphatic rings. The SMILES string of the molecule is C=Cc1ccc(Oc2ccc(C3(c4ccc(F)cc4)c4ccccc4-c4ccc(N(c5ccc(-c6cccc(-c7ccc(F)cc7)c6)cc5)c5ccc6c(c5)-c5cc(N(c7ccc(-c8cccc(-c9ccc(F)cc9)c8)cc7)c7ccc8c(c7)C(c7ccc(F)cc7)(c7ccc(Oc9ccc(C=C)cc9)cc7)c7ccccc7-8)ccc5[Si]6(c5ccccc5)c5ccccc5)cc43)cc2)cc1. The van der Waals surface area contributed by atoms with E-state index in [-0.39, 0.29) is 23.3 Å². The fourth-order valence-electron chi connectivity index (χ4n) is 21.2. The number of halogens is 4. The maximum absolute atomic E-state index is 15.8. The van der Waals surface area contributed by atoms with Crippen LogP contribution in [0.2, 0.25) is 0 Å². The van der Waals surface area contributed by atoms with Crippen LogP contribution in [0.5, 0.6) is 23.0 Å². The highest BCUT2D eigenvalue weighted by atomic mass is 28.3. The van der Waals surface area contributed by atoms with Gasteiger partial charge in [0.25, 0.3) is 0 Å². The summed E-state index contributed by atoms with van der Waals surface area (Å²) in [5.41, 5.74) is 27.4. The zero-order valence-corrected chi connectivity index (χ0v) is 74.3. The minimum absolute atomic E-state index is 0.291. The summed E-state index contributed by atoms with van der Waals surface area (Å²) < 4.78 is 73.7. The fourth-order valence-corrected chi connectivity index (χ4v) is 26.4. The smallest absolute Gasteiger partial charge is 0.180 e. The monoisotopic (exact) mass is 1760 g/mol. The van der Waals surface area contributed by atoms with E-state index < -0.39 is 18.9 Å². The van der Waals surface area contributed by atoms with Gasteiger partial charge in [0.2, 0.25) is 0 Å². The molecular weight excluding hydrogens is 1680 g/mol. The number of hydrogen-bond donors (Lipinski definition) is 0. The molecule has 135 heavy (non-hydrogen) atoms. The number of nitrogens with zero attached hydrogens (tertiary/aromatic N) is 2. The van der Waals surface area contributed by atoms with Crippen LogP contribution < -0.4 is 40.0 Å². The standard InChI is InChI=1S/C126H84F4N2O2Si/c1-3-83-29-65-107(66-30-83)133-109-69-45-95(46-70-109)125(93-41-53-99(129)54-42-93)119-27-13-11-25-113(119)115-73-61-105(81-121(115)125)131(101-57-37-87(38-58-101)91-19-15-17-89(77-91)85-33-49-97(127)50-34-85)103-63-75-123-117(79-103)118-80-104(64-76-124(118)135(123,111-21-7-5-8-22-111)112-23-9-6-10-24-112)132(102-59-39-88(40-60-102)92-20-16-18-90(78-92)86-35-51-98(128)52-36-86)106-62-74-116-114-26-12-14-28-120(114)126(122(116)82-106,94-43-55-100(130)56-44-94)96-47-71-110(72-48-96)134-108-67-31-84(4-2)32-68-108/h3-82H,1-2H2. The summed E-state index contributed by atoms with van der Waals surface area (Å²) >= 11 is 0. The average molecular weight is 1760 g/mol. The highest BCUT2D eigenvalue weighted by molar-refractivity contribution is 7.22. The van der Waals surface area contributed by atoms with Crippen molar-refractivity contribution in [1.29, 1.82) is 0 Å². The lowest BCUT2D eigenvalue weighted by Crippen LogP contribution is -2.72. The lowest BCUT2D eigenvalue weighted by atomic mass is 9.67. The topological polar surface area (TPSA) is 24.9 Å². The van der Waals surface area contributed by atoms with E-state index in [2.05, 4.69) is 326 Å². The second kappa shape index (κ2) is 34.1. The second-order valence-corrected chi connectivity index (χ2v) is 38.5. The van der Waals surface area contributed by atoms with Gasteiger partial charge in [-0.1, -0.05) is 316 Å². The Balaban J connectivity index is 0.739. The molecule has 0 aromatic heterocycles. The summed E-state index contributed by atoms with van der Waals surface area (Å²) in [6, 6.07) is 162. The third-order valence-electron chi connectivity index (χ3n) is 27.4. The van der Waals surface area contributed by atoms with Crippen LogP contribution in [-0.2, 0) is 10.8 Å². The van der Waals surface area contributed by atoms with Crippen LogP contribution in [0.25, 0.3) is 90.0 Å². The van der Waals surface area contributed by atoms with Gasteiger partial charge < -0.3 is 19.3 Å². The molecule has 0 amide bonds. The van der Waals surface area contributed by atoms with Gasteiger partial charge >= 0.3 is 0 Å². The van der Waals surface area contributed by atoms with Crippen LogP contribution in [-0.4, -0.2) is 8.07 Å². The molecule has 0 fully saturated rings. The van der Waals surface area contributed by atoms with Crippen LogP contribution in [0.1, 0.15) is 55.6 Å². The Hall–Kier alpha value is -17.0. The highest BCUT2D eigenvalue weighted by Crippen LogP contribution is 2.61. The molecule has 2 aliphatic carbocycles. The van der Waals surface area contributed by atoms with E-state index in [9.17, 15) is 8.78 Å². The minimum Gasteiger partial charge on any atom is -0.457 e. The molecule has 20 aromatic rings. The van der Waals surface area contributed by atoms with E-state index in [0.29, 0.717) is 23.0 Å². The number of ether oxygens (including phenoxy) is 2. The van der Waals surface area contributed by atoms with Gasteiger partial charge in [-0.15, -0.1) is 0 Å². The second-order valence-electron chi connectivity index (χ2n) is 34.7. The maximum atomic E-state index is 15.8. The quantitative estimate of drug-likeness (QED) is 0.0499. The first kappa shape index (κ1) is 82.4. The van der Waals surface area contributed by atoms with Crippen molar-refractivity contribution < 1.29 is 27.0 Å². The Kier molecular flexibility index (Phi) is 20.8. The molecular formula is C126H84F4N2O2Si. The summed E-state index contributed by atoms with van der Waals surface area (Å²) in [4.78, 5) is 4.79. The zero-order chi connectivity index (χ0) is 90.9. The molecule has 0 N–H and O–H groups in total. The first-order valence-electron chi connectivity index (χ1n) is 45.3. The molecule has 642 valence electrons. The van der Waals surface area contributed by atoms with Gasteiger partial charge in [0.05, 0.1) is 10.8 Å². The van der Waals surface area contributed by atoms with Crippen LogP contribution in [0, 0.1) is 23.3 Å². The number of hydrogen-bond acceptors (Lipinski definition) is 4. The Bertz CT molecular complexity index is 7460. The van der Waals surface area contributed by atoms with Crippen molar-refractivity contribution in [3.63, 3.8) is 0 Å². The summed E-state index contributed by atoms with van der Waals surface area (Å²) in [5, 5.41) is 4.93. The molecule has 2 unspecified atom stereocenters. The van der Waals surface area contributed by atoms with Crippen LogP contribution in [0.3, 0.4) is 0 Å². The molecule has 23 rings (SSSR count). The summed E-state index contributed by atoms with van der Waals surface area (Å²) in [6.45, 7) is 7.93. The maximum Gasteiger partial charge on any atom is 0.180 e.